The molecule has 8 atom stereocenters. The number of nitrogens with zero attached hydrogens (tertiary/aromatic N) is 1. The van der Waals surface area contributed by atoms with Gasteiger partial charge in [0, 0.05) is 25.4 Å². The number of nitrogens with one attached hydrogen (secondary N) is 1. The van der Waals surface area contributed by atoms with E-state index >= 15 is 0 Å². The van der Waals surface area contributed by atoms with Gasteiger partial charge in [-0.15, -0.1) is 12.3 Å². The molecule has 2 unspecified atom stereocenters. The summed E-state index contributed by atoms with van der Waals surface area (Å²) in [5.74, 6) is -0.423. The quantitative estimate of drug-likeness (QED) is 0.131. The molecule has 2 aliphatic heterocycles. The van der Waals surface area contributed by atoms with E-state index in [4.69, 9.17) is 50.1 Å². The molecule has 39 heavy (non-hydrogen) atoms. The molecule has 2 heterocycles. The van der Waals surface area contributed by atoms with E-state index in [9.17, 15) is 27.9 Å². The van der Waals surface area contributed by atoms with Crippen molar-refractivity contribution in [1.29, 1.82) is 0 Å². The van der Waals surface area contributed by atoms with Crippen LogP contribution in [0.15, 0.2) is 12.2 Å². The Hall–Kier alpha value is -1.39. The van der Waals surface area contributed by atoms with E-state index in [1.807, 2.05) is 0 Å². The number of unbranched alkanes of at least 4 members (excludes halogenated alkanes) is 2. The van der Waals surface area contributed by atoms with E-state index < -0.39 is 72.9 Å². The maximum Gasteiger partial charge on any atom is 0.340 e. The Morgan fingerprint density at radius 3 is 2.69 bits per heavy atom. The molecule has 3 fully saturated rings. The molecular weight excluding hydrogens is 595 g/mol. The van der Waals surface area contributed by atoms with Gasteiger partial charge in [0.25, 0.3) is 0 Å². The number of carbonyl (C=O) groups is 3. The van der Waals surface area contributed by atoms with Crippen molar-refractivity contribution in [3.63, 3.8) is 0 Å². The van der Waals surface area contributed by atoms with Gasteiger partial charge in [-0.2, -0.15) is 12.7 Å². The van der Waals surface area contributed by atoms with Crippen molar-refractivity contribution in [3.05, 3.63) is 12.2 Å². The number of ketones is 1. The van der Waals surface area contributed by atoms with Gasteiger partial charge in [-0.1, -0.05) is 41.7 Å². The molecule has 14 heteroatoms. The minimum Gasteiger partial charge on any atom is -0.459 e. The number of halogens is 3. The van der Waals surface area contributed by atoms with E-state index in [-0.39, 0.29) is 12.5 Å². The molecule has 0 aromatic heterocycles. The van der Waals surface area contributed by atoms with E-state index in [0.29, 0.717) is 38.6 Å². The average Bonchev–Trinajstić information content (AvgIpc) is 3.50. The molecule has 4 rings (SSSR count). The lowest BCUT2D eigenvalue weighted by molar-refractivity contribution is -0.166. The molecule has 4 aliphatic rings. The van der Waals surface area contributed by atoms with Gasteiger partial charge in [-0.25, -0.2) is 8.98 Å². The second-order valence-corrected chi connectivity index (χ2v) is 14.7. The highest BCUT2D eigenvalue weighted by Gasteiger charge is 2.80. The lowest BCUT2D eigenvalue weighted by Crippen LogP contribution is -2.57. The predicted octanol–water partition coefficient (Wildman–Crippen LogP) is 2.20. The number of fused-ring (bicyclic) bond motifs is 4. The maximum absolute atomic E-state index is 13.4. The average molecular weight is 626 g/mol. The van der Waals surface area contributed by atoms with Crippen LogP contribution >= 0.6 is 34.8 Å². The first-order chi connectivity index (χ1) is 18.1. The highest BCUT2D eigenvalue weighted by Crippen LogP contribution is 2.62. The summed E-state index contributed by atoms with van der Waals surface area (Å²) >= 11 is 17.9. The summed E-state index contributed by atoms with van der Waals surface area (Å²) in [6.45, 7) is 3.37. The van der Waals surface area contributed by atoms with Gasteiger partial charge < -0.3 is 15.2 Å². The first-order valence-corrected chi connectivity index (χ1v) is 15.2. The largest absolute Gasteiger partial charge is 0.459 e. The van der Waals surface area contributed by atoms with Crippen LogP contribution < -0.4 is 5.32 Å². The molecule has 2 saturated heterocycles. The van der Waals surface area contributed by atoms with Crippen molar-refractivity contribution < 1.29 is 36.8 Å². The maximum atomic E-state index is 13.4. The van der Waals surface area contributed by atoms with Crippen LogP contribution in [0.1, 0.15) is 52.4 Å². The van der Waals surface area contributed by atoms with Crippen LogP contribution in [0.3, 0.4) is 0 Å². The summed E-state index contributed by atoms with van der Waals surface area (Å²) in [7, 11) is -4.70. The smallest absolute Gasteiger partial charge is 0.340 e. The predicted molar refractivity (Wildman–Crippen MR) is 143 cm³/mol. The number of esters is 1. The van der Waals surface area contributed by atoms with E-state index in [1.54, 1.807) is 13.8 Å². The molecule has 1 saturated carbocycles. The molecule has 0 radical (unpaired) electrons. The zero-order valence-electron chi connectivity index (χ0n) is 21.5. The Bertz CT molecular complexity index is 1230. The molecule has 216 valence electrons. The van der Waals surface area contributed by atoms with Gasteiger partial charge in [0.15, 0.2) is 11.3 Å². The Labute approximate surface area is 242 Å². The minimum atomic E-state index is -4.70. The van der Waals surface area contributed by atoms with Crippen molar-refractivity contribution in [2.45, 2.75) is 79.5 Å². The van der Waals surface area contributed by atoms with E-state index in [1.165, 1.54) is 12.2 Å². The summed E-state index contributed by atoms with van der Waals surface area (Å²) in [4.78, 5) is 38.6. The fourth-order valence-corrected chi connectivity index (χ4v) is 8.30. The monoisotopic (exact) mass is 624 g/mol. The van der Waals surface area contributed by atoms with Crippen LogP contribution in [-0.2, 0) is 33.6 Å². The van der Waals surface area contributed by atoms with Crippen LogP contribution in [0, 0.1) is 29.6 Å². The number of terminal acetylenes is 1. The molecule has 0 aromatic rings. The van der Waals surface area contributed by atoms with Crippen LogP contribution in [0.2, 0.25) is 0 Å². The fraction of sp³-hybridized carbons (Fsp3) is 0.720. The van der Waals surface area contributed by atoms with E-state index in [2.05, 4.69) is 11.2 Å². The number of rotatable bonds is 9. The highest BCUT2D eigenvalue weighted by molar-refractivity contribution is 7.84. The third kappa shape index (κ3) is 5.00. The zero-order valence-corrected chi connectivity index (χ0v) is 24.6. The SMILES string of the molecule is C#CCCCCNC(=O)C[C@@H](OS(=O)(=O)N1CC12C(=O)O[C@@H]1[C@H]2CC[C@H](C)[C@]2(O)C=CC(=O)[C@@]12C)C(Cl)(Cl)Cl. The summed E-state index contributed by atoms with van der Waals surface area (Å²) in [6.07, 6.45) is 7.18. The topological polar surface area (TPSA) is 139 Å². The number of hydrogen-bond donors (Lipinski definition) is 2. The Kier molecular flexibility index (Phi) is 8.20. The molecule has 0 aromatic carbocycles. The van der Waals surface area contributed by atoms with Crippen LogP contribution in [0.5, 0.6) is 0 Å². The molecule has 10 nitrogen and oxygen atoms in total. The third-order valence-electron chi connectivity index (χ3n) is 8.67. The summed E-state index contributed by atoms with van der Waals surface area (Å²) < 4.78 is 36.2. The molecule has 0 bridgehead atoms. The number of aliphatic hydroxyl groups is 1. The normalized spacial score (nSPS) is 38.0. The number of carbonyl (C=O) groups excluding carboxylic acids is 3. The first-order valence-electron chi connectivity index (χ1n) is 12.7. The zero-order chi connectivity index (χ0) is 29.0. The lowest BCUT2D eigenvalue weighted by Gasteiger charge is -2.43. The van der Waals surface area contributed by atoms with Gasteiger partial charge >= 0.3 is 16.3 Å². The third-order valence-corrected chi connectivity index (χ3v) is 10.9. The van der Waals surface area contributed by atoms with Crippen molar-refractivity contribution in [2.24, 2.45) is 17.3 Å². The van der Waals surface area contributed by atoms with Crippen LogP contribution in [0.4, 0.5) is 0 Å². The Morgan fingerprint density at radius 2 is 2.05 bits per heavy atom. The fourth-order valence-electron chi connectivity index (χ4n) is 6.21. The van der Waals surface area contributed by atoms with Crippen molar-refractivity contribution >= 4 is 62.8 Å². The lowest BCUT2D eigenvalue weighted by atomic mass is 9.64. The highest BCUT2D eigenvalue weighted by atomic mass is 35.6. The summed E-state index contributed by atoms with van der Waals surface area (Å²) in [6, 6.07) is 0. The van der Waals surface area contributed by atoms with Gasteiger partial charge in [0.05, 0.1) is 11.8 Å². The van der Waals surface area contributed by atoms with Crippen molar-refractivity contribution in [1.82, 2.24) is 9.62 Å². The number of amides is 1. The molecule has 1 spiro atoms. The van der Waals surface area contributed by atoms with Gasteiger partial charge in [-0.05, 0) is 50.7 Å². The number of hydrogen-bond acceptors (Lipinski definition) is 8. The van der Waals surface area contributed by atoms with E-state index in [0.717, 1.165) is 4.31 Å². The van der Waals surface area contributed by atoms with Crippen LogP contribution in [-0.4, -0.2) is 75.7 Å². The van der Waals surface area contributed by atoms with Gasteiger partial charge in [0.1, 0.15) is 17.8 Å². The molecule has 1 amide bonds. The van der Waals surface area contributed by atoms with Gasteiger partial charge in [-0.3, -0.25) is 9.59 Å². The first kappa shape index (κ1) is 30.6. The summed E-state index contributed by atoms with van der Waals surface area (Å²) in [5.41, 5.74) is -4.67. The molecule has 2 aliphatic carbocycles. The summed E-state index contributed by atoms with van der Waals surface area (Å²) in [5, 5.41) is 14.1. The molecule has 2 N–H and O–H groups in total. The standard InChI is InChI=1S/C25H31Cl3N2O8S/c1-4-5-6-7-12-29-19(32)13-18(25(26,27)28)38-39(35,36)30-14-23(30)16-9-8-15(2)24(34)11-10-17(31)22(24,3)20(16)37-21(23)33/h1,10-11,15-16,18,20,34H,5-9,12-14H2,2-3H3,(H,29,32)/t15-,16+,18+,20+,22-,23?,24+,30?/m0/s1. The van der Waals surface area contributed by atoms with Crippen molar-refractivity contribution in [3.8, 4) is 12.3 Å². The number of allylic oxidation sites excluding steroid dienone is 1. The Balaban J connectivity index is 1.52. The second-order valence-electron chi connectivity index (χ2n) is 10.9. The molecular formula is C25H31Cl3N2O8S. The minimum absolute atomic E-state index is 0.270. The Morgan fingerprint density at radius 1 is 1.36 bits per heavy atom. The van der Waals surface area contributed by atoms with Crippen LogP contribution in [0.25, 0.3) is 0 Å². The number of alkyl halides is 3. The van der Waals surface area contributed by atoms with Gasteiger partial charge in [0.2, 0.25) is 9.70 Å². The van der Waals surface area contributed by atoms with Crippen molar-refractivity contribution in [2.75, 3.05) is 13.1 Å². The number of ether oxygens (including phenoxy) is 1. The second kappa shape index (κ2) is 10.5.